The molecule has 0 aliphatic rings. The molecule has 7 heteroatoms. The maximum atomic E-state index is 11.2. The van der Waals surface area contributed by atoms with Gasteiger partial charge in [0.15, 0.2) is 5.65 Å². The van der Waals surface area contributed by atoms with E-state index in [1.807, 2.05) is 6.07 Å². The van der Waals surface area contributed by atoms with Gasteiger partial charge in [0.25, 0.3) is 0 Å². The van der Waals surface area contributed by atoms with E-state index in [1.165, 1.54) is 7.05 Å². The molecule has 2 rings (SSSR count). The SMILES string of the molecule is CNS(=O)(=O)CCc1nc2ncccc2[nH]1. The van der Waals surface area contributed by atoms with E-state index >= 15 is 0 Å². The Morgan fingerprint density at radius 2 is 2.31 bits per heavy atom. The molecule has 0 fully saturated rings. The lowest BCUT2D eigenvalue weighted by atomic mass is 10.4. The number of nitrogens with zero attached hydrogens (tertiary/aromatic N) is 2. The molecule has 0 aromatic carbocycles. The van der Waals surface area contributed by atoms with E-state index in [0.717, 1.165) is 5.52 Å². The van der Waals surface area contributed by atoms with E-state index in [0.29, 0.717) is 17.9 Å². The minimum absolute atomic E-state index is 0.0172. The molecular formula is C9H12N4O2S. The Kier molecular flexibility index (Phi) is 2.88. The summed E-state index contributed by atoms with van der Waals surface area (Å²) in [5.41, 5.74) is 1.43. The van der Waals surface area contributed by atoms with Crippen LogP contribution in [0.4, 0.5) is 0 Å². The van der Waals surface area contributed by atoms with Crippen LogP contribution in [0.3, 0.4) is 0 Å². The Morgan fingerprint density at radius 1 is 1.50 bits per heavy atom. The maximum absolute atomic E-state index is 11.2. The summed E-state index contributed by atoms with van der Waals surface area (Å²) in [5, 5.41) is 0. The van der Waals surface area contributed by atoms with Crippen molar-refractivity contribution in [2.75, 3.05) is 12.8 Å². The summed E-state index contributed by atoms with van der Waals surface area (Å²) in [7, 11) is -1.79. The molecule has 16 heavy (non-hydrogen) atoms. The Hall–Kier alpha value is -1.47. The third-order valence-corrected chi connectivity index (χ3v) is 3.59. The number of hydrogen-bond acceptors (Lipinski definition) is 4. The number of nitrogens with one attached hydrogen (secondary N) is 2. The Morgan fingerprint density at radius 3 is 3.00 bits per heavy atom. The van der Waals surface area contributed by atoms with Gasteiger partial charge in [-0.25, -0.2) is 23.1 Å². The number of aryl methyl sites for hydroxylation is 1. The second-order valence-electron chi connectivity index (χ2n) is 3.33. The second-order valence-corrected chi connectivity index (χ2v) is 5.38. The zero-order valence-corrected chi connectivity index (χ0v) is 9.58. The van der Waals surface area contributed by atoms with E-state index in [9.17, 15) is 8.42 Å². The molecule has 0 saturated carbocycles. The summed E-state index contributed by atoms with van der Waals surface area (Å²) in [6, 6.07) is 3.65. The molecule has 0 saturated heterocycles. The Labute approximate surface area is 93.2 Å². The highest BCUT2D eigenvalue weighted by Crippen LogP contribution is 2.07. The predicted molar refractivity (Wildman–Crippen MR) is 60.4 cm³/mol. The molecule has 2 aromatic heterocycles. The molecule has 86 valence electrons. The topological polar surface area (TPSA) is 87.7 Å². The van der Waals surface area contributed by atoms with Crippen molar-refractivity contribution >= 4 is 21.2 Å². The number of hydrogen-bond donors (Lipinski definition) is 2. The summed E-state index contributed by atoms with van der Waals surface area (Å²) in [4.78, 5) is 11.3. The summed E-state index contributed by atoms with van der Waals surface area (Å²) < 4.78 is 24.7. The number of pyridine rings is 1. The number of fused-ring (bicyclic) bond motifs is 1. The maximum Gasteiger partial charge on any atom is 0.211 e. The van der Waals surface area contributed by atoms with Crippen molar-refractivity contribution in [1.82, 2.24) is 19.7 Å². The highest BCUT2D eigenvalue weighted by atomic mass is 32.2. The molecule has 0 aliphatic carbocycles. The number of aromatic amines is 1. The quantitative estimate of drug-likeness (QED) is 0.790. The van der Waals surface area contributed by atoms with E-state index in [-0.39, 0.29) is 5.75 Å². The zero-order chi connectivity index (χ0) is 11.6. The van der Waals surface area contributed by atoms with Crippen LogP contribution in [0.25, 0.3) is 11.2 Å². The molecule has 0 unspecified atom stereocenters. The van der Waals surface area contributed by atoms with Crippen LogP contribution in [0.15, 0.2) is 18.3 Å². The van der Waals surface area contributed by atoms with Gasteiger partial charge in [0.05, 0.1) is 11.3 Å². The van der Waals surface area contributed by atoms with Crippen LogP contribution in [-0.4, -0.2) is 36.2 Å². The van der Waals surface area contributed by atoms with Crippen molar-refractivity contribution in [3.8, 4) is 0 Å². The van der Waals surface area contributed by atoms with Gasteiger partial charge in [-0.15, -0.1) is 0 Å². The van der Waals surface area contributed by atoms with Gasteiger partial charge in [0.1, 0.15) is 5.82 Å². The van der Waals surface area contributed by atoms with Gasteiger partial charge in [-0.3, -0.25) is 0 Å². The van der Waals surface area contributed by atoms with E-state index in [2.05, 4.69) is 19.7 Å². The third-order valence-electron chi connectivity index (χ3n) is 2.23. The highest BCUT2D eigenvalue weighted by molar-refractivity contribution is 7.89. The van der Waals surface area contributed by atoms with Crippen molar-refractivity contribution < 1.29 is 8.42 Å². The van der Waals surface area contributed by atoms with Crippen LogP contribution < -0.4 is 4.72 Å². The van der Waals surface area contributed by atoms with Gasteiger partial charge in [-0.05, 0) is 19.2 Å². The Bertz CT molecular complexity index is 557. The van der Waals surface area contributed by atoms with Gasteiger partial charge in [-0.2, -0.15) is 0 Å². The van der Waals surface area contributed by atoms with Gasteiger partial charge in [0, 0.05) is 12.6 Å². The lowest BCUT2D eigenvalue weighted by molar-refractivity contribution is 0.587. The number of aromatic nitrogens is 3. The summed E-state index contributed by atoms with van der Waals surface area (Å²) in [6.07, 6.45) is 2.00. The highest BCUT2D eigenvalue weighted by Gasteiger charge is 2.09. The minimum Gasteiger partial charge on any atom is -0.341 e. The largest absolute Gasteiger partial charge is 0.341 e. The normalized spacial score (nSPS) is 12.1. The van der Waals surface area contributed by atoms with Crippen LogP contribution in [0.5, 0.6) is 0 Å². The molecule has 0 radical (unpaired) electrons. The third kappa shape index (κ3) is 2.37. The molecule has 2 N–H and O–H groups in total. The van der Waals surface area contributed by atoms with Gasteiger partial charge in [0.2, 0.25) is 10.0 Å². The fourth-order valence-corrected chi connectivity index (χ4v) is 2.01. The number of imidazole rings is 1. The van der Waals surface area contributed by atoms with Crippen molar-refractivity contribution in [2.24, 2.45) is 0 Å². The Balaban J connectivity index is 2.16. The number of rotatable bonds is 4. The standard InChI is InChI=1S/C9H12N4O2S/c1-10-16(14,15)6-4-8-12-7-3-2-5-11-9(7)13-8/h2-3,5,10H,4,6H2,1H3,(H,11,12,13). The molecule has 0 atom stereocenters. The number of H-pyrrole nitrogens is 1. The van der Waals surface area contributed by atoms with Crippen molar-refractivity contribution in [3.05, 3.63) is 24.2 Å². The fraction of sp³-hybridized carbons (Fsp3) is 0.333. The summed E-state index contributed by atoms with van der Waals surface area (Å²) in [6.45, 7) is 0. The van der Waals surface area contributed by atoms with E-state index in [4.69, 9.17) is 0 Å². The monoisotopic (exact) mass is 240 g/mol. The van der Waals surface area contributed by atoms with Crippen molar-refractivity contribution in [1.29, 1.82) is 0 Å². The van der Waals surface area contributed by atoms with Gasteiger partial charge >= 0.3 is 0 Å². The first kappa shape index (κ1) is 11.0. The van der Waals surface area contributed by atoms with Gasteiger partial charge < -0.3 is 4.98 Å². The van der Waals surface area contributed by atoms with Crippen LogP contribution in [0.1, 0.15) is 5.82 Å². The summed E-state index contributed by atoms with van der Waals surface area (Å²) >= 11 is 0. The van der Waals surface area contributed by atoms with Crippen LogP contribution >= 0.6 is 0 Å². The lowest BCUT2D eigenvalue weighted by Gasteiger charge is -1.98. The fourth-order valence-electron chi connectivity index (χ4n) is 1.35. The first-order valence-electron chi connectivity index (χ1n) is 4.81. The molecule has 0 aliphatic heterocycles. The zero-order valence-electron chi connectivity index (χ0n) is 8.77. The predicted octanol–water partition coefficient (Wildman–Crippen LogP) is 0.0496. The van der Waals surface area contributed by atoms with Crippen molar-refractivity contribution in [3.63, 3.8) is 0 Å². The first-order valence-corrected chi connectivity index (χ1v) is 6.47. The molecule has 2 aromatic rings. The van der Waals surface area contributed by atoms with Crippen LogP contribution in [-0.2, 0) is 16.4 Å². The average molecular weight is 240 g/mol. The minimum atomic E-state index is -3.19. The first-order chi connectivity index (χ1) is 7.61. The van der Waals surface area contributed by atoms with Crippen LogP contribution in [0, 0.1) is 0 Å². The molecule has 0 spiro atoms. The smallest absolute Gasteiger partial charge is 0.211 e. The van der Waals surface area contributed by atoms with Gasteiger partial charge in [-0.1, -0.05) is 0 Å². The number of sulfonamides is 1. The van der Waals surface area contributed by atoms with E-state index in [1.54, 1.807) is 12.3 Å². The summed E-state index contributed by atoms with van der Waals surface area (Å²) in [5.74, 6) is 0.649. The molecule has 0 amide bonds. The van der Waals surface area contributed by atoms with Crippen molar-refractivity contribution in [2.45, 2.75) is 6.42 Å². The molecular weight excluding hydrogens is 228 g/mol. The molecule has 2 heterocycles. The van der Waals surface area contributed by atoms with Crippen LogP contribution in [0.2, 0.25) is 0 Å². The van der Waals surface area contributed by atoms with E-state index < -0.39 is 10.0 Å². The molecule has 6 nitrogen and oxygen atoms in total. The molecule has 0 bridgehead atoms. The second kappa shape index (κ2) is 4.18. The average Bonchev–Trinajstić information content (AvgIpc) is 2.69. The lowest BCUT2D eigenvalue weighted by Crippen LogP contribution is -2.23.